The molecule has 0 bridgehead atoms. The van der Waals surface area contributed by atoms with Crippen molar-refractivity contribution in [3.63, 3.8) is 0 Å². The van der Waals surface area contributed by atoms with Gasteiger partial charge in [-0.3, -0.25) is 9.59 Å². The van der Waals surface area contributed by atoms with E-state index in [4.69, 9.17) is 0 Å². The van der Waals surface area contributed by atoms with Crippen LogP contribution in [0.3, 0.4) is 0 Å². The number of benzene rings is 3. The maximum atomic E-state index is 12.7. The van der Waals surface area contributed by atoms with E-state index in [0.29, 0.717) is 16.8 Å². The van der Waals surface area contributed by atoms with Crippen LogP contribution in [0.5, 0.6) is 0 Å². The fourth-order valence-corrected chi connectivity index (χ4v) is 3.38. The Kier molecular flexibility index (Phi) is 7.39. The van der Waals surface area contributed by atoms with Crippen LogP contribution in [0.2, 0.25) is 0 Å². The molecule has 30 heavy (non-hydrogen) atoms. The molecule has 154 valence electrons. The molecular formula is C26H28N2O2. The van der Waals surface area contributed by atoms with E-state index in [1.165, 1.54) is 0 Å². The molecule has 3 rings (SSSR count). The number of nitrogens with one attached hydrogen (secondary N) is 1. The molecule has 0 aliphatic heterocycles. The van der Waals surface area contributed by atoms with Gasteiger partial charge in [-0.2, -0.15) is 0 Å². The standard InChI is InChI=1S/C26H28N2O2/c1-3-18-28(19-4-2)26(30)23-14-16-24(17-15-23)27-25(29)22-12-10-21(11-13-22)20-8-6-5-7-9-20/h5-17H,3-4,18-19H2,1-2H3,(H,27,29). The second-order valence-corrected chi connectivity index (χ2v) is 7.27. The number of carbonyl (C=O) groups excluding carboxylic acids is 2. The Labute approximate surface area is 178 Å². The minimum Gasteiger partial charge on any atom is -0.339 e. The predicted molar refractivity (Wildman–Crippen MR) is 123 cm³/mol. The van der Waals surface area contributed by atoms with Crippen molar-refractivity contribution in [3.8, 4) is 11.1 Å². The van der Waals surface area contributed by atoms with Gasteiger partial charge in [0.25, 0.3) is 11.8 Å². The van der Waals surface area contributed by atoms with Gasteiger partial charge >= 0.3 is 0 Å². The summed E-state index contributed by atoms with van der Waals surface area (Å²) < 4.78 is 0. The molecular weight excluding hydrogens is 372 g/mol. The summed E-state index contributed by atoms with van der Waals surface area (Å²) in [5.74, 6) is -0.139. The van der Waals surface area contributed by atoms with E-state index in [-0.39, 0.29) is 11.8 Å². The normalized spacial score (nSPS) is 10.5. The van der Waals surface area contributed by atoms with Crippen LogP contribution in [-0.4, -0.2) is 29.8 Å². The van der Waals surface area contributed by atoms with E-state index >= 15 is 0 Å². The average molecular weight is 401 g/mol. The van der Waals surface area contributed by atoms with E-state index in [1.54, 1.807) is 24.3 Å². The summed E-state index contributed by atoms with van der Waals surface area (Å²) in [7, 11) is 0. The van der Waals surface area contributed by atoms with E-state index in [1.807, 2.05) is 59.5 Å². The smallest absolute Gasteiger partial charge is 0.255 e. The van der Waals surface area contributed by atoms with Crippen LogP contribution < -0.4 is 5.32 Å². The van der Waals surface area contributed by atoms with Crippen molar-refractivity contribution in [1.82, 2.24) is 4.90 Å². The predicted octanol–water partition coefficient (Wildman–Crippen LogP) is 5.87. The van der Waals surface area contributed by atoms with Gasteiger partial charge in [0.1, 0.15) is 0 Å². The van der Waals surface area contributed by atoms with Crippen molar-refractivity contribution in [2.24, 2.45) is 0 Å². The number of carbonyl (C=O) groups is 2. The highest BCUT2D eigenvalue weighted by Gasteiger charge is 2.14. The van der Waals surface area contributed by atoms with Crippen LogP contribution in [0, 0.1) is 0 Å². The van der Waals surface area contributed by atoms with Crippen molar-refractivity contribution in [3.05, 3.63) is 90.0 Å². The second-order valence-electron chi connectivity index (χ2n) is 7.27. The van der Waals surface area contributed by atoms with E-state index in [9.17, 15) is 9.59 Å². The lowest BCUT2D eigenvalue weighted by Crippen LogP contribution is -2.32. The topological polar surface area (TPSA) is 49.4 Å². The molecule has 0 aliphatic carbocycles. The molecule has 0 spiro atoms. The lowest BCUT2D eigenvalue weighted by atomic mass is 10.0. The molecule has 0 atom stereocenters. The van der Waals surface area contributed by atoms with Gasteiger partial charge in [0.05, 0.1) is 0 Å². The minimum atomic E-state index is -0.174. The summed E-state index contributed by atoms with van der Waals surface area (Å²) in [6, 6.07) is 24.7. The van der Waals surface area contributed by atoms with Gasteiger partial charge in [-0.25, -0.2) is 0 Å². The first kappa shape index (κ1) is 21.3. The highest BCUT2D eigenvalue weighted by molar-refractivity contribution is 6.04. The summed E-state index contributed by atoms with van der Waals surface area (Å²) in [6.45, 7) is 5.65. The zero-order valence-electron chi connectivity index (χ0n) is 17.6. The van der Waals surface area contributed by atoms with Gasteiger partial charge in [0.2, 0.25) is 0 Å². The Hall–Kier alpha value is -3.40. The Morgan fingerprint density at radius 1 is 0.700 bits per heavy atom. The molecule has 0 unspecified atom stereocenters. The number of hydrogen-bond acceptors (Lipinski definition) is 2. The Balaban J connectivity index is 1.65. The first-order valence-electron chi connectivity index (χ1n) is 10.5. The molecule has 0 fully saturated rings. The lowest BCUT2D eigenvalue weighted by Gasteiger charge is -2.21. The van der Waals surface area contributed by atoms with Gasteiger partial charge in [-0.15, -0.1) is 0 Å². The summed E-state index contributed by atoms with van der Waals surface area (Å²) in [5.41, 5.74) is 4.08. The monoisotopic (exact) mass is 400 g/mol. The highest BCUT2D eigenvalue weighted by Crippen LogP contribution is 2.20. The number of anilines is 1. The van der Waals surface area contributed by atoms with Gasteiger partial charge < -0.3 is 10.2 Å². The molecule has 4 heteroatoms. The minimum absolute atomic E-state index is 0.0353. The van der Waals surface area contributed by atoms with Crippen LogP contribution >= 0.6 is 0 Å². The molecule has 0 saturated carbocycles. The Morgan fingerprint density at radius 2 is 1.23 bits per heavy atom. The van der Waals surface area contributed by atoms with Crippen molar-refractivity contribution in [2.45, 2.75) is 26.7 Å². The summed E-state index contributed by atoms with van der Waals surface area (Å²) in [5, 5.41) is 2.90. The van der Waals surface area contributed by atoms with Gasteiger partial charge in [0, 0.05) is 29.9 Å². The average Bonchev–Trinajstić information content (AvgIpc) is 2.79. The lowest BCUT2D eigenvalue weighted by molar-refractivity contribution is 0.0755. The molecule has 0 aliphatic rings. The molecule has 3 aromatic rings. The SMILES string of the molecule is CCCN(CCC)C(=O)c1ccc(NC(=O)c2ccc(-c3ccccc3)cc2)cc1. The Morgan fingerprint density at radius 3 is 1.80 bits per heavy atom. The zero-order chi connectivity index (χ0) is 21.3. The molecule has 0 radical (unpaired) electrons. The maximum absolute atomic E-state index is 12.7. The third-order valence-electron chi connectivity index (χ3n) is 4.92. The third-order valence-corrected chi connectivity index (χ3v) is 4.92. The quantitative estimate of drug-likeness (QED) is 0.514. The number of rotatable bonds is 8. The number of hydrogen-bond donors (Lipinski definition) is 1. The van der Waals surface area contributed by atoms with E-state index in [2.05, 4.69) is 19.2 Å². The summed E-state index contributed by atoms with van der Waals surface area (Å²) >= 11 is 0. The number of nitrogens with zero attached hydrogens (tertiary/aromatic N) is 1. The second kappa shape index (κ2) is 10.4. The summed E-state index contributed by atoms with van der Waals surface area (Å²) in [6.07, 6.45) is 1.87. The number of amides is 2. The maximum Gasteiger partial charge on any atom is 0.255 e. The van der Waals surface area contributed by atoms with Crippen LogP contribution in [0.15, 0.2) is 78.9 Å². The van der Waals surface area contributed by atoms with Crippen molar-refractivity contribution in [1.29, 1.82) is 0 Å². The van der Waals surface area contributed by atoms with Gasteiger partial charge in [-0.1, -0.05) is 56.3 Å². The molecule has 4 nitrogen and oxygen atoms in total. The van der Waals surface area contributed by atoms with Crippen molar-refractivity contribution < 1.29 is 9.59 Å². The van der Waals surface area contributed by atoms with E-state index < -0.39 is 0 Å². The van der Waals surface area contributed by atoms with Gasteiger partial charge in [-0.05, 0) is 60.4 Å². The molecule has 0 saturated heterocycles. The van der Waals surface area contributed by atoms with Crippen LogP contribution in [0.4, 0.5) is 5.69 Å². The molecule has 2 amide bonds. The van der Waals surface area contributed by atoms with Crippen LogP contribution in [0.25, 0.3) is 11.1 Å². The fraction of sp³-hybridized carbons (Fsp3) is 0.231. The largest absolute Gasteiger partial charge is 0.339 e. The van der Waals surface area contributed by atoms with Crippen LogP contribution in [0.1, 0.15) is 47.4 Å². The van der Waals surface area contributed by atoms with E-state index in [0.717, 1.165) is 37.1 Å². The summed E-state index contributed by atoms with van der Waals surface area (Å²) in [4.78, 5) is 27.1. The Bertz CT molecular complexity index is 958. The van der Waals surface area contributed by atoms with Crippen molar-refractivity contribution >= 4 is 17.5 Å². The third kappa shape index (κ3) is 5.35. The first-order valence-corrected chi connectivity index (χ1v) is 10.5. The zero-order valence-corrected chi connectivity index (χ0v) is 17.6. The van der Waals surface area contributed by atoms with Crippen molar-refractivity contribution in [2.75, 3.05) is 18.4 Å². The molecule has 1 N–H and O–H groups in total. The highest BCUT2D eigenvalue weighted by atomic mass is 16.2. The van der Waals surface area contributed by atoms with Crippen LogP contribution in [-0.2, 0) is 0 Å². The molecule has 0 heterocycles. The molecule has 0 aromatic heterocycles. The van der Waals surface area contributed by atoms with Gasteiger partial charge in [0.15, 0.2) is 0 Å². The molecule has 3 aromatic carbocycles. The fourth-order valence-electron chi connectivity index (χ4n) is 3.38. The first-order chi connectivity index (χ1) is 14.6.